The second-order valence-corrected chi connectivity index (χ2v) is 4.40. The maximum absolute atomic E-state index is 11.9. The molecule has 1 aliphatic heterocycles. The molecule has 21 heavy (non-hydrogen) atoms. The summed E-state index contributed by atoms with van der Waals surface area (Å²) in [6.45, 7) is 1.27. The van der Waals surface area contributed by atoms with Crippen molar-refractivity contribution in [3.8, 4) is 0 Å². The van der Waals surface area contributed by atoms with Crippen LogP contribution in [-0.2, 0) is 9.59 Å². The number of nitrogens with zero attached hydrogens (tertiary/aromatic N) is 2. The number of amides is 1. The van der Waals surface area contributed by atoms with Gasteiger partial charge in [0.15, 0.2) is 0 Å². The first-order valence-electron chi connectivity index (χ1n) is 5.87. The normalized spacial score (nSPS) is 14.3. The maximum atomic E-state index is 11.9. The van der Waals surface area contributed by atoms with Crippen LogP contribution in [0, 0.1) is 10.1 Å². The minimum atomic E-state index is -1.13. The number of aliphatic carboxylic acids is 1. The minimum Gasteiger partial charge on any atom is -0.478 e. The van der Waals surface area contributed by atoms with E-state index in [9.17, 15) is 24.5 Å². The molecule has 108 valence electrons. The number of hydrogen-bond donors (Lipinski definition) is 1. The smallest absolute Gasteiger partial charge is 0.331 e. The summed E-state index contributed by atoms with van der Waals surface area (Å²) >= 11 is 0. The van der Waals surface area contributed by atoms with E-state index in [4.69, 9.17) is 5.11 Å². The fraction of sp³-hybridized carbons (Fsp3) is 0.154. The molecule has 0 unspecified atom stereocenters. The topological polar surface area (TPSA) is 118 Å². The summed E-state index contributed by atoms with van der Waals surface area (Å²) in [4.78, 5) is 45.5. The number of carbonyl (C=O) groups excluding carboxylic acids is 2. The SMILES string of the molecule is CC(=CCN1C(=O)C(=O)c2cc([N+](=O)[O-])ccc21)C(=O)O. The lowest BCUT2D eigenvalue weighted by molar-refractivity contribution is -0.384. The number of non-ortho nitro benzene ring substituents is 1. The van der Waals surface area contributed by atoms with Gasteiger partial charge in [0.25, 0.3) is 17.4 Å². The lowest BCUT2D eigenvalue weighted by Crippen LogP contribution is -2.30. The van der Waals surface area contributed by atoms with Crippen LogP contribution in [0.3, 0.4) is 0 Å². The molecule has 0 radical (unpaired) electrons. The van der Waals surface area contributed by atoms with E-state index < -0.39 is 22.6 Å². The van der Waals surface area contributed by atoms with Crippen molar-refractivity contribution in [2.45, 2.75) is 6.92 Å². The van der Waals surface area contributed by atoms with Crippen LogP contribution in [0.15, 0.2) is 29.8 Å². The van der Waals surface area contributed by atoms with Crippen LogP contribution in [0.2, 0.25) is 0 Å². The molecule has 8 heteroatoms. The zero-order valence-corrected chi connectivity index (χ0v) is 10.9. The average Bonchev–Trinajstić information content (AvgIpc) is 2.68. The van der Waals surface area contributed by atoms with E-state index >= 15 is 0 Å². The Labute approximate surface area is 118 Å². The van der Waals surface area contributed by atoms with E-state index in [1.54, 1.807) is 0 Å². The van der Waals surface area contributed by atoms with Gasteiger partial charge in [-0.25, -0.2) is 4.79 Å². The number of ketones is 1. The van der Waals surface area contributed by atoms with Crippen molar-refractivity contribution in [2.24, 2.45) is 0 Å². The minimum absolute atomic E-state index is 0.0330. The van der Waals surface area contributed by atoms with Gasteiger partial charge in [-0.05, 0) is 13.0 Å². The first-order chi connectivity index (χ1) is 9.82. The molecule has 1 aliphatic rings. The first kappa shape index (κ1) is 14.4. The fourth-order valence-corrected chi connectivity index (χ4v) is 1.90. The van der Waals surface area contributed by atoms with Crippen LogP contribution in [0.4, 0.5) is 11.4 Å². The second kappa shape index (κ2) is 5.16. The summed E-state index contributed by atoms with van der Waals surface area (Å²) in [5, 5.41) is 19.4. The summed E-state index contributed by atoms with van der Waals surface area (Å²) in [5.74, 6) is -2.80. The van der Waals surface area contributed by atoms with E-state index in [2.05, 4.69) is 0 Å². The number of Topliss-reactive ketones (excluding diaryl/α,β-unsaturated/α-hetero) is 1. The van der Waals surface area contributed by atoms with Crippen LogP contribution in [-0.4, -0.2) is 34.2 Å². The van der Waals surface area contributed by atoms with Gasteiger partial charge in [-0.1, -0.05) is 6.08 Å². The van der Waals surface area contributed by atoms with Gasteiger partial charge in [-0.15, -0.1) is 0 Å². The van der Waals surface area contributed by atoms with Gasteiger partial charge in [-0.2, -0.15) is 0 Å². The van der Waals surface area contributed by atoms with Crippen molar-refractivity contribution in [1.29, 1.82) is 0 Å². The molecule has 0 bridgehead atoms. The van der Waals surface area contributed by atoms with Crippen molar-refractivity contribution in [1.82, 2.24) is 0 Å². The van der Waals surface area contributed by atoms with Gasteiger partial charge in [-0.3, -0.25) is 19.7 Å². The molecular weight excluding hydrogens is 280 g/mol. The number of carboxylic acids is 1. The second-order valence-electron chi connectivity index (χ2n) is 4.40. The molecular formula is C13H10N2O6. The lowest BCUT2D eigenvalue weighted by atomic mass is 10.1. The third-order valence-corrected chi connectivity index (χ3v) is 3.08. The molecule has 0 saturated carbocycles. The number of anilines is 1. The molecule has 0 aliphatic carbocycles. The molecule has 0 saturated heterocycles. The van der Waals surface area contributed by atoms with E-state index in [1.807, 2.05) is 0 Å². The van der Waals surface area contributed by atoms with Crippen LogP contribution < -0.4 is 4.90 Å². The molecule has 1 aromatic rings. The van der Waals surface area contributed by atoms with E-state index in [0.717, 1.165) is 11.0 Å². The highest BCUT2D eigenvalue weighted by Crippen LogP contribution is 2.31. The Hall–Kier alpha value is -3.03. The Balaban J connectivity index is 2.38. The highest BCUT2D eigenvalue weighted by atomic mass is 16.6. The third kappa shape index (κ3) is 2.50. The van der Waals surface area contributed by atoms with Crippen LogP contribution in [0.5, 0.6) is 0 Å². The van der Waals surface area contributed by atoms with Crippen LogP contribution >= 0.6 is 0 Å². The van der Waals surface area contributed by atoms with Gasteiger partial charge < -0.3 is 10.0 Å². The van der Waals surface area contributed by atoms with Crippen LogP contribution in [0.1, 0.15) is 17.3 Å². The summed E-state index contributed by atoms with van der Waals surface area (Å²) in [5.41, 5.74) is -0.0553. The van der Waals surface area contributed by atoms with Crippen molar-refractivity contribution in [3.63, 3.8) is 0 Å². The summed E-state index contributed by atoms with van der Waals surface area (Å²) in [6.07, 6.45) is 1.30. The van der Waals surface area contributed by atoms with Crippen molar-refractivity contribution >= 4 is 29.0 Å². The number of nitro groups is 1. The largest absolute Gasteiger partial charge is 0.478 e. The molecule has 0 aromatic heterocycles. The van der Waals surface area contributed by atoms with Gasteiger partial charge in [0.05, 0.1) is 16.2 Å². The molecule has 0 atom stereocenters. The van der Waals surface area contributed by atoms with Gasteiger partial charge in [0, 0.05) is 24.3 Å². The summed E-state index contributed by atoms with van der Waals surface area (Å²) < 4.78 is 0. The Morgan fingerprint density at radius 3 is 2.67 bits per heavy atom. The highest BCUT2D eigenvalue weighted by molar-refractivity contribution is 6.52. The zero-order valence-electron chi connectivity index (χ0n) is 10.9. The quantitative estimate of drug-likeness (QED) is 0.384. The Morgan fingerprint density at radius 1 is 1.43 bits per heavy atom. The Morgan fingerprint density at radius 2 is 2.10 bits per heavy atom. The predicted octanol–water partition coefficient (Wildman–Crippen LogP) is 1.16. The van der Waals surface area contributed by atoms with Gasteiger partial charge in [0.1, 0.15) is 0 Å². The monoisotopic (exact) mass is 290 g/mol. The highest BCUT2D eigenvalue weighted by Gasteiger charge is 2.36. The Bertz CT molecular complexity index is 707. The molecule has 0 spiro atoms. The number of carbonyl (C=O) groups is 3. The molecule has 0 fully saturated rings. The molecule has 1 amide bonds. The number of carboxylic acid groups (broad SMARTS) is 1. The zero-order chi connectivity index (χ0) is 15.7. The first-order valence-corrected chi connectivity index (χ1v) is 5.87. The summed E-state index contributed by atoms with van der Waals surface area (Å²) in [7, 11) is 0. The molecule has 8 nitrogen and oxygen atoms in total. The van der Waals surface area contributed by atoms with E-state index in [1.165, 1.54) is 25.1 Å². The lowest BCUT2D eigenvalue weighted by Gasteiger charge is -2.14. The molecule has 1 heterocycles. The number of nitro benzene ring substituents is 1. The molecule has 1 N–H and O–H groups in total. The van der Waals surface area contributed by atoms with E-state index in [0.29, 0.717) is 0 Å². The van der Waals surface area contributed by atoms with Crippen molar-refractivity contribution < 1.29 is 24.4 Å². The third-order valence-electron chi connectivity index (χ3n) is 3.08. The number of benzene rings is 1. The molecule has 2 rings (SSSR count). The standard InChI is InChI=1S/C13H10N2O6/c1-7(13(18)19)4-5-14-10-3-2-8(15(20)21)6-9(10)11(16)12(14)17/h2-4,6H,5H2,1H3,(H,18,19). The van der Waals surface area contributed by atoms with Crippen molar-refractivity contribution in [3.05, 3.63) is 45.5 Å². The summed E-state index contributed by atoms with van der Waals surface area (Å²) in [6, 6.07) is 3.54. The maximum Gasteiger partial charge on any atom is 0.331 e. The van der Waals surface area contributed by atoms with Crippen molar-refractivity contribution in [2.75, 3.05) is 11.4 Å². The predicted molar refractivity (Wildman–Crippen MR) is 71.2 cm³/mol. The number of rotatable bonds is 4. The number of fused-ring (bicyclic) bond motifs is 1. The number of hydrogen-bond acceptors (Lipinski definition) is 5. The average molecular weight is 290 g/mol. The van der Waals surface area contributed by atoms with Gasteiger partial charge >= 0.3 is 5.97 Å². The molecule has 1 aromatic carbocycles. The van der Waals surface area contributed by atoms with E-state index in [-0.39, 0.29) is 29.1 Å². The van der Waals surface area contributed by atoms with Crippen LogP contribution in [0.25, 0.3) is 0 Å². The Kier molecular flexibility index (Phi) is 3.53. The fourth-order valence-electron chi connectivity index (χ4n) is 1.90. The van der Waals surface area contributed by atoms with Gasteiger partial charge in [0.2, 0.25) is 0 Å².